The Hall–Kier alpha value is -3.12. The fourth-order valence-corrected chi connectivity index (χ4v) is 4.50. The quantitative estimate of drug-likeness (QED) is 0.370. The fraction of sp³-hybridized carbons (Fsp3) is 0.407. The van der Waals surface area contributed by atoms with Crippen LogP contribution in [0.1, 0.15) is 47.2 Å². The average Bonchev–Trinajstić information content (AvgIpc) is 3.03. The summed E-state index contributed by atoms with van der Waals surface area (Å²) in [6.07, 6.45) is 1.61. The number of methoxy groups -OCH3 is 1. The van der Waals surface area contributed by atoms with Crippen LogP contribution in [0.25, 0.3) is 5.76 Å². The first-order valence-electron chi connectivity index (χ1n) is 11.4. The Morgan fingerprint density at radius 1 is 1.12 bits per heavy atom. The van der Waals surface area contributed by atoms with Crippen LogP contribution in [-0.4, -0.2) is 60.9 Å². The first kappa shape index (κ1) is 24.5. The minimum absolute atomic E-state index is 0.109. The molecule has 2 aromatic rings. The maximum Gasteiger partial charge on any atom is 0.295 e. The molecule has 1 unspecified atom stereocenters. The summed E-state index contributed by atoms with van der Waals surface area (Å²) >= 11 is 0. The van der Waals surface area contributed by atoms with Gasteiger partial charge in [0, 0.05) is 6.54 Å². The SMILES string of the molecule is CCc1ccc(C2/C(=C(\O)c3cc(C)cc(C)c3OC)C(=O)C(=O)N2CCCN(C)C)cc1. The molecule has 0 spiro atoms. The van der Waals surface area contributed by atoms with Crippen molar-refractivity contribution in [3.8, 4) is 5.75 Å². The highest BCUT2D eigenvalue weighted by Crippen LogP contribution is 2.41. The van der Waals surface area contributed by atoms with Gasteiger partial charge >= 0.3 is 0 Å². The summed E-state index contributed by atoms with van der Waals surface area (Å²) in [7, 11) is 5.48. The number of aliphatic hydroxyl groups excluding tert-OH is 1. The lowest BCUT2D eigenvalue weighted by atomic mass is 9.93. The normalized spacial score (nSPS) is 17.8. The van der Waals surface area contributed by atoms with Crippen LogP contribution in [0.4, 0.5) is 0 Å². The van der Waals surface area contributed by atoms with E-state index in [-0.39, 0.29) is 11.3 Å². The number of ketones is 1. The lowest BCUT2D eigenvalue weighted by Crippen LogP contribution is -2.32. The van der Waals surface area contributed by atoms with Crippen LogP contribution in [0.3, 0.4) is 0 Å². The molecule has 0 aliphatic carbocycles. The van der Waals surface area contributed by atoms with Crippen LogP contribution in [-0.2, 0) is 16.0 Å². The van der Waals surface area contributed by atoms with Crippen molar-refractivity contribution < 1.29 is 19.4 Å². The third-order valence-electron chi connectivity index (χ3n) is 6.13. The van der Waals surface area contributed by atoms with E-state index >= 15 is 0 Å². The number of hydrogen-bond acceptors (Lipinski definition) is 5. The highest BCUT2D eigenvalue weighted by atomic mass is 16.5. The van der Waals surface area contributed by atoms with Gasteiger partial charge in [-0.05, 0) is 75.6 Å². The molecule has 176 valence electrons. The zero-order chi connectivity index (χ0) is 24.3. The molecule has 1 heterocycles. The number of hydrogen-bond donors (Lipinski definition) is 1. The van der Waals surface area contributed by atoms with Crippen LogP contribution in [0, 0.1) is 13.8 Å². The van der Waals surface area contributed by atoms with E-state index in [0.29, 0.717) is 17.9 Å². The summed E-state index contributed by atoms with van der Waals surface area (Å²) in [5, 5.41) is 11.4. The minimum Gasteiger partial charge on any atom is -0.507 e. The highest BCUT2D eigenvalue weighted by Gasteiger charge is 2.46. The van der Waals surface area contributed by atoms with E-state index in [4.69, 9.17) is 4.74 Å². The zero-order valence-corrected chi connectivity index (χ0v) is 20.4. The molecule has 6 nitrogen and oxygen atoms in total. The number of aliphatic hydroxyl groups is 1. The van der Waals surface area contributed by atoms with Gasteiger partial charge in [0.2, 0.25) is 0 Å². The molecule has 3 rings (SSSR count). The number of nitrogens with zero attached hydrogens (tertiary/aromatic N) is 2. The van der Waals surface area contributed by atoms with Crippen LogP contribution in [0.15, 0.2) is 42.0 Å². The molecular formula is C27H34N2O4. The summed E-state index contributed by atoms with van der Waals surface area (Å²) in [5.74, 6) is -0.944. The fourth-order valence-electron chi connectivity index (χ4n) is 4.50. The molecular weight excluding hydrogens is 416 g/mol. The van der Waals surface area contributed by atoms with E-state index in [1.54, 1.807) is 11.0 Å². The van der Waals surface area contributed by atoms with Gasteiger partial charge < -0.3 is 19.6 Å². The molecule has 6 heteroatoms. The number of rotatable bonds is 8. The molecule has 0 aromatic heterocycles. The zero-order valence-electron chi connectivity index (χ0n) is 20.4. The number of amides is 1. The predicted octanol–water partition coefficient (Wildman–Crippen LogP) is 4.25. The van der Waals surface area contributed by atoms with Crippen molar-refractivity contribution in [2.24, 2.45) is 0 Å². The Labute approximate surface area is 196 Å². The van der Waals surface area contributed by atoms with E-state index in [9.17, 15) is 14.7 Å². The van der Waals surface area contributed by atoms with Crippen molar-refractivity contribution in [1.82, 2.24) is 9.80 Å². The van der Waals surface area contributed by atoms with E-state index in [1.807, 2.05) is 63.2 Å². The second kappa shape index (κ2) is 10.2. The van der Waals surface area contributed by atoms with Gasteiger partial charge in [0.05, 0.1) is 24.3 Å². The maximum atomic E-state index is 13.2. The summed E-state index contributed by atoms with van der Waals surface area (Å²) in [6.45, 7) is 7.10. The van der Waals surface area contributed by atoms with Gasteiger partial charge in [0.1, 0.15) is 11.5 Å². The van der Waals surface area contributed by atoms with E-state index in [2.05, 4.69) is 6.92 Å². The van der Waals surface area contributed by atoms with Crippen LogP contribution in [0.2, 0.25) is 0 Å². The highest BCUT2D eigenvalue weighted by molar-refractivity contribution is 6.46. The topological polar surface area (TPSA) is 70.1 Å². The second-order valence-corrected chi connectivity index (χ2v) is 8.91. The number of carbonyl (C=O) groups excluding carboxylic acids is 2. The summed E-state index contributed by atoms with van der Waals surface area (Å²) in [6, 6.07) is 11.0. The van der Waals surface area contributed by atoms with E-state index in [0.717, 1.165) is 36.1 Å². The number of Topliss-reactive ketones (excluding diaryl/α,β-unsaturated/α-hetero) is 1. The number of ether oxygens (including phenoxy) is 1. The van der Waals surface area contributed by atoms with E-state index in [1.165, 1.54) is 12.7 Å². The first-order valence-corrected chi connectivity index (χ1v) is 11.4. The van der Waals surface area contributed by atoms with Crippen molar-refractivity contribution in [1.29, 1.82) is 0 Å². The minimum atomic E-state index is -0.664. The van der Waals surface area contributed by atoms with Gasteiger partial charge in [-0.2, -0.15) is 0 Å². The second-order valence-electron chi connectivity index (χ2n) is 8.91. The predicted molar refractivity (Wildman–Crippen MR) is 130 cm³/mol. The Morgan fingerprint density at radius 3 is 2.36 bits per heavy atom. The average molecular weight is 451 g/mol. The molecule has 1 fully saturated rings. The molecule has 2 aromatic carbocycles. The van der Waals surface area contributed by atoms with Gasteiger partial charge in [-0.1, -0.05) is 37.3 Å². The van der Waals surface area contributed by atoms with Crippen molar-refractivity contribution >= 4 is 17.4 Å². The molecule has 33 heavy (non-hydrogen) atoms. The molecule has 0 saturated carbocycles. The molecule has 0 bridgehead atoms. The van der Waals surface area contributed by atoms with Gasteiger partial charge in [-0.25, -0.2) is 0 Å². The van der Waals surface area contributed by atoms with Crippen molar-refractivity contribution in [3.63, 3.8) is 0 Å². The Kier molecular flexibility index (Phi) is 7.59. The summed E-state index contributed by atoms with van der Waals surface area (Å²) in [5.41, 5.74) is 4.29. The molecule has 1 atom stereocenters. The Morgan fingerprint density at radius 2 is 1.79 bits per heavy atom. The number of likely N-dealkylation sites (tertiary alicyclic amines) is 1. The standard InChI is InChI=1S/C27H34N2O4/c1-7-19-9-11-20(12-10-19)23-22(25(31)27(32)29(23)14-8-13-28(4)5)24(30)21-16-17(2)15-18(3)26(21)33-6/h9-12,15-16,23,30H,7-8,13-14H2,1-6H3/b24-22+. The van der Waals surface area contributed by atoms with Crippen LogP contribution < -0.4 is 4.74 Å². The van der Waals surface area contributed by atoms with Gasteiger partial charge in [-0.15, -0.1) is 0 Å². The van der Waals surface area contributed by atoms with Crippen molar-refractivity contribution in [2.75, 3.05) is 34.3 Å². The molecule has 0 radical (unpaired) electrons. The van der Waals surface area contributed by atoms with Crippen molar-refractivity contribution in [3.05, 3.63) is 69.8 Å². The largest absolute Gasteiger partial charge is 0.507 e. The molecule has 1 aliphatic heterocycles. The molecule has 1 saturated heterocycles. The number of aryl methyl sites for hydroxylation is 3. The van der Waals surface area contributed by atoms with Gasteiger partial charge in [-0.3, -0.25) is 9.59 Å². The first-order chi connectivity index (χ1) is 15.7. The lowest BCUT2D eigenvalue weighted by Gasteiger charge is -2.26. The summed E-state index contributed by atoms with van der Waals surface area (Å²) < 4.78 is 5.55. The molecule has 1 aliphatic rings. The lowest BCUT2D eigenvalue weighted by molar-refractivity contribution is -0.139. The van der Waals surface area contributed by atoms with Crippen LogP contribution >= 0.6 is 0 Å². The Bertz CT molecular complexity index is 1070. The number of carbonyl (C=O) groups is 2. The van der Waals surface area contributed by atoms with E-state index < -0.39 is 17.7 Å². The molecule has 1 amide bonds. The Balaban J connectivity index is 2.18. The van der Waals surface area contributed by atoms with Crippen LogP contribution in [0.5, 0.6) is 5.75 Å². The smallest absolute Gasteiger partial charge is 0.295 e. The third-order valence-corrected chi connectivity index (χ3v) is 6.13. The van der Waals surface area contributed by atoms with Gasteiger partial charge in [0.15, 0.2) is 0 Å². The summed E-state index contributed by atoms with van der Waals surface area (Å²) in [4.78, 5) is 30.0. The van der Waals surface area contributed by atoms with Crippen molar-refractivity contribution in [2.45, 2.75) is 39.7 Å². The maximum absolute atomic E-state index is 13.2. The third kappa shape index (κ3) is 4.96. The van der Waals surface area contributed by atoms with Gasteiger partial charge in [0.25, 0.3) is 11.7 Å². The molecule has 1 N–H and O–H groups in total. The number of benzene rings is 2. The monoisotopic (exact) mass is 450 g/mol.